The fourth-order valence-electron chi connectivity index (χ4n) is 1.44. The Morgan fingerprint density at radius 1 is 0.947 bits per heavy atom. The maximum atomic E-state index is 5.66. The van der Waals surface area contributed by atoms with E-state index in [9.17, 15) is 0 Å². The Kier molecular flexibility index (Phi) is 6.81. The fraction of sp³-hybridized carbons (Fsp3) is 0.111. The second-order valence-electron chi connectivity index (χ2n) is 3.99. The minimum atomic E-state index is 0.873. The van der Waals surface area contributed by atoms with E-state index in [0.29, 0.717) is 0 Å². The first kappa shape index (κ1) is 14.8. The van der Waals surface area contributed by atoms with Gasteiger partial charge in [0.05, 0.1) is 0 Å². The van der Waals surface area contributed by atoms with Crippen molar-refractivity contribution < 1.29 is 4.74 Å². The maximum Gasteiger partial charge on any atom is 0.127 e. The zero-order chi connectivity index (χ0) is 13.9. The van der Waals surface area contributed by atoms with Crippen LogP contribution in [-0.4, -0.2) is 0 Å². The lowest BCUT2D eigenvalue weighted by Gasteiger charge is -2.05. The van der Waals surface area contributed by atoms with Crippen molar-refractivity contribution in [3.05, 3.63) is 85.0 Å². The minimum Gasteiger partial charge on any atom is -0.457 e. The highest BCUT2D eigenvalue weighted by Gasteiger charge is 1.95. The fourth-order valence-corrected chi connectivity index (χ4v) is 1.44. The molecule has 0 spiro atoms. The first-order chi connectivity index (χ1) is 9.26. The monoisotopic (exact) mass is 252 g/mol. The zero-order valence-electron chi connectivity index (χ0n) is 11.5. The number of hydrogen-bond acceptors (Lipinski definition) is 1. The molecule has 0 fully saturated rings. The predicted molar refractivity (Wildman–Crippen MR) is 82.7 cm³/mol. The first-order valence-corrected chi connectivity index (χ1v) is 6.29. The Morgan fingerprint density at radius 2 is 1.63 bits per heavy atom. The summed E-state index contributed by atoms with van der Waals surface area (Å²) in [7, 11) is 0. The summed E-state index contributed by atoms with van der Waals surface area (Å²) in [6.07, 6.45) is 5.58. The summed E-state index contributed by atoms with van der Waals surface area (Å²) in [6, 6.07) is 17.8. The van der Waals surface area contributed by atoms with Crippen LogP contribution in [0.5, 0.6) is 11.5 Å². The molecule has 0 heterocycles. The lowest BCUT2D eigenvalue weighted by molar-refractivity contribution is 0.482. The van der Waals surface area contributed by atoms with Gasteiger partial charge in [-0.3, -0.25) is 0 Å². The van der Waals surface area contributed by atoms with Crippen LogP contribution in [0.15, 0.2) is 79.4 Å². The van der Waals surface area contributed by atoms with Gasteiger partial charge in [0, 0.05) is 0 Å². The Balaban J connectivity index is 0.000000312. The summed E-state index contributed by atoms with van der Waals surface area (Å²) in [5.41, 5.74) is 1.21. The molecule has 0 unspecified atom stereocenters. The van der Waals surface area contributed by atoms with Crippen LogP contribution in [0, 0.1) is 6.92 Å². The van der Waals surface area contributed by atoms with Crippen molar-refractivity contribution in [2.75, 3.05) is 0 Å². The number of benzene rings is 2. The first-order valence-electron chi connectivity index (χ1n) is 6.29. The summed E-state index contributed by atoms with van der Waals surface area (Å²) in [5.74, 6) is 1.76. The smallest absolute Gasteiger partial charge is 0.127 e. The molecule has 0 saturated heterocycles. The van der Waals surface area contributed by atoms with E-state index in [4.69, 9.17) is 4.74 Å². The van der Waals surface area contributed by atoms with Gasteiger partial charge in [-0.05, 0) is 43.7 Å². The highest BCUT2D eigenvalue weighted by Crippen LogP contribution is 2.21. The SMILES string of the molecule is C=C/C=C\C.Cc1cccc(Oc2ccccc2)c1. The molecule has 0 N–H and O–H groups in total. The summed E-state index contributed by atoms with van der Waals surface area (Å²) in [5, 5.41) is 0. The summed E-state index contributed by atoms with van der Waals surface area (Å²) >= 11 is 0. The predicted octanol–water partition coefficient (Wildman–Crippen LogP) is 5.54. The molecule has 0 aliphatic heterocycles. The number of aryl methyl sites for hydroxylation is 1. The van der Waals surface area contributed by atoms with Gasteiger partial charge in [-0.25, -0.2) is 0 Å². The van der Waals surface area contributed by atoms with Gasteiger partial charge in [-0.15, -0.1) is 0 Å². The van der Waals surface area contributed by atoms with Crippen molar-refractivity contribution in [3.8, 4) is 11.5 Å². The third-order valence-corrected chi connectivity index (χ3v) is 2.30. The molecule has 1 nitrogen and oxygen atoms in total. The minimum absolute atomic E-state index is 0.873. The number of rotatable bonds is 3. The van der Waals surface area contributed by atoms with Crippen molar-refractivity contribution in [1.29, 1.82) is 0 Å². The lowest BCUT2D eigenvalue weighted by atomic mass is 10.2. The van der Waals surface area contributed by atoms with E-state index >= 15 is 0 Å². The van der Waals surface area contributed by atoms with Crippen LogP contribution in [0.25, 0.3) is 0 Å². The highest BCUT2D eigenvalue weighted by atomic mass is 16.5. The molecule has 1 heteroatoms. The van der Waals surface area contributed by atoms with Crippen LogP contribution in [-0.2, 0) is 0 Å². The van der Waals surface area contributed by atoms with Gasteiger partial charge in [-0.1, -0.05) is 55.1 Å². The average Bonchev–Trinajstić information content (AvgIpc) is 2.41. The van der Waals surface area contributed by atoms with E-state index in [-0.39, 0.29) is 0 Å². The molecule has 2 aromatic carbocycles. The van der Waals surface area contributed by atoms with Crippen molar-refractivity contribution >= 4 is 0 Å². The van der Waals surface area contributed by atoms with Gasteiger partial charge in [0.15, 0.2) is 0 Å². The van der Waals surface area contributed by atoms with E-state index in [1.807, 2.05) is 67.6 Å². The average molecular weight is 252 g/mol. The second-order valence-corrected chi connectivity index (χ2v) is 3.99. The van der Waals surface area contributed by atoms with Crippen molar-refractivity contribution in [3.63, 3.8) is 0 Å². The van der Waals surface area contributed by atoms with Gasteiger partial charge in [0.2, 0.25) is 0 Å². The third kappa shape index (κ3) is 6.27. The molecule has 19 heavy (non-hydrogen) atoms. The molecule has 2 rings (SSSR count). The van der Waals surface area contributed by atoms with Crippen molar-refractivity contribution in [2.45, 2.75) is 13.8 Å². The van der Waals surface area contributed by atoms with E-state index in [2.05, 4.69) is 19.6 Å². The highest BCUT2D eigenvalue weighted by molar-refractivity contribution is 5.33. The molecule has 0 bridgehead atoms. The molecule has 98 valence electrons. The van der Waals surface area contributed by atoms with Crippen molar-refractivity contribution in [1.82, 2.24) is 0 Å². The molecule has 2 aromatic rings. The molecule has 0 aromatic heterocycles. The third-order valence-electron chi connectivity index (χ3n) is 2.30. The van der Waals surface area contributed by atoms with Crippen LogP contribution < -0.4 is 4.74 Å². The standard InChI is InChI=1S/C13H12O.C5H8/c1-11-6-5-9-13(10-11)14-12-7-3-2-4-8-12;1-3-5-4-2/h2-10H,1H3;3-5H,1H2,2H3/b;5-4-. The van der Waals surface area contributed by atoms with E-state index < -0.39 is 0 Å². The van der Waals surface area contributed by atoms with Crippen LogP contribution in [0.4, 0.5) is 0 Å². The van der Waals surface area contributed by atoms with E-state index in [1.54, 1.807) is 6.08 Å². The number of para-hydroxylation sites is 1. The summed E-state index contributed by atoms with van der Waals surface area (Å²) < 4.78 is 5.66. The van der Waals surface area contributed by atoms with Crippen LogP contribution in [0.2, 0.25) is 0 Å². The van der Waals surface area contributed by atoms with E-state index in [0.717, 1.165) is 11.5 Å². The van der Waals surface area contributed by atoms with Gasteiger partial charge in [0.25, 0.3) is 0 Å². The van der Waals surface area contributed by atoms with Gasteiger partial charge in [0.1, 0.15) is 11.5 Å². The largest absolute Gasteiger partial charge is 0.457 e. The van der Waals surface area contributed by atoms with E-state index in [1.165, 1.54) is 5.56 Å². The molecular formula is C18H20O. The van der Waals surface area contributed by atoms with Crippen LogP contribution in [0.3, 0.4) is 0 Å². The number of hydrogen-bond donors (Lipinski definition) is 0. The summed E-state index contributed by atoms with van der Waals surface area (Å²) in [4.78, 5) is 0. The molecule has 0 amide bonds. The zero-order valence-corrected chi connectivity index (χ0v) is 11.5. The van der Waals surface area contributed by atoms with Gasteiger partial charge < -0.3 is 4.74 Å². The molecule has 0 radical (unpaired) electrons. The Morgan fingerprint density at radius 3 is 2.16 bits per heavy atom. The van der Waals surface area contributed by atoms with Crippen LogP contribution in [0.1, 0.15) is 12.5 Å². The Bertz CT molecular complexity index is 512. The van der Waals surface area contributed by atoms with Crippen molar-refractivity contribution in [2.24, 2.45) is 0 Å². The molecule has 0 aliphatic rings. The van der Waals surface area contributed by atoms with Gasteiger partial charge >= 0.3 is 0 Å². The second kappa shape index (κ2) is 8.76. The quantitative estimate of drug-likeness (QED) is 0.652. The summed E-state index contributed by atoms with van der Waals surface area (Å²) in [6.45, 7) is 7.48. The van der Waals surface area contributed by atoms with Crippen LogP contribution >= 0.6 is 0 Å². The Hall–Kier alpha value is -2.28. The lowest BCUT2D eigenvalue weighted by Crippen LogP contribution is -1.83. The molecular weight excluding hydrogens is 232 g/mol. The number of ether oxygens (including phenoxy) is 1. The molecule has 0 aliphatic carbocycles. The Labute approximate surface area is 115 Å². The number of allylic oxidation sites excluding steroid dienone is 3. The topological polar surface area (TPSA) is 9.23 Å². The maximum absolute atomic E-state index is 5.66. The normalized spacial score (nSPS) is 9.58. The van der Waals surface area contributed by atoms with Gasteiger partial charge in [-0.2, -0.15) is 0 Å². The molecule has 0 saturated carbocycles. The molecule has 0 atom stereocenters.